The lowest BCUT2D eigenvalue weighted by Crippen LogP contribution is -2.03. The molecule has 0 aliphatic carbocycles. The lowest BCUT2D eigenvalue weighted by atomic mass is 10.1. The highest BCUT2D eigenvalue weighted by molar-refractivity contribution is 6.25. The van der Waals surface area contributed by atoms with Crippen molar-refractivity contribution in [3.05, 3.63) is 211 Å². The van der Waals surface area contributed by atoms with E-state index in [1.807, 2.05) is 36.4 Å². The number of nitriles is 1. The highest BCUT2D eigenvalue weighted by Gasteiger charge is 2.26. The number of aromatic nitrogens is 4. The molecule has 0 amide bonds. The Hall–Kier alpha value is -8.84. The first kappa shape index (κ1) is 34.1. The monoisotopic (exact) mass is 788 g/mol. The van der Waals surface area contributed by atoms with Crippen LogP contribution in [-0.2, 0) is 0 Å². The van der Waals surface area contributed by atoms with E-state index in [0.717, 1.165) is 98.6 Å². The Morgan fingerprint density at radius 2 is 0.694 bits per heavy atom. The van der Waals surface area contributed by atoms with Gasteiger partial charge in [0.15, 0.2) is 0 Å². The molecule has 62 heavy (non-hydrogen) atoms. The molecule has 6 heteroatoms. The van der Waals surface area contributed by atoms with Crippen molar-refractivity contribution in [2.45, 2.75) is 0 Å². The van der Waals surface area contributed by atoms with Crippen LogP contribution in [0, 0.1) is 17.9 Å². The summed E-state index contributed by atoms with van der Waals surface area (Å²) in [5.74, 6) is 0. The van der Waals surface area contributed by atoms with Gasteiger partial charge in [0.05, 0.1) is 67.6 Å². The molecular formula is C56H32N6. The van der Waals surface area contributed by atoms with E-state index in [-0.39, 0.29) is 0 Å². The molecule has 6 nitrogen and oxygen atoms in total. The van der Waals surface area contributed by atoms with Crippen molar-refractivity contribution < 1.29 is 0 Å². The van der Waals surface area contributed by atoms with Crippen LogP contribution in [0.25, 0.3) is 115 Å². The Balaban J connectivity index is 1.18. The maximum Gasteiger partial charge on any atom is 0.212 e. The molecule has 0 saturated heterocycles. The molecule has 0 spiro atoms. The van der Waals surface area contributed by atoms with Gasteiger partial charge in [-0.1, -0.05) is 133 Å². The molecule has 0 atom stereocenters. The van der Waals surface area contributed by atoms with Crippen LogP contribution in [0.15, 0.2) is 194 Å². The zero-order valence-electron chi connectivity index (χ0n) is 33.2. The Kier molecular flexibility index (Phi) is 7.05. The predicted molar refractivity (Wildman–Crippen MR) is 255 cm³/mol. The van der Waals surface area contributed by atoms with Gasteiger partial charge in [0.1, 0.15) is 6.07 Å². The third-order valence-corrected chi connectivity index (χ3v) is 12.8. The van der Waals surface area contributed by atoms with Crippen LogP contribution in [0.3, 0.4) is 0 Å². The van der Waals surface area contributed by atoms with Crippen LogP contribution >= 0.6 is 0 Å². The van der Waals surface area contributed by atoms with Crippen molar-refractivity contribution >= 4 is 92.9 Å². The molecule has 4 aromatic heterocycles. The topological polar surface area (TPSA) is 47.9 Å². The maximum atomic E-state index is 11.3. The summed E-state index contributed by atoms with van der Waals surface area (Å²) in [6.45, 7) is 8.87. The highest BCUT2D eigenvalue weighted by Crippen LogP contribution is 2.46. The molecule has 13 rings (SSSR count). The molecule has 0 aliphatic rings. The van der Waals surface area contributed by atoms with Gasteiger partial charge in [0, 0.05) is 54.5 Å². The van der Waals surface area contributed by atoms with Crippen LogP contribution in [0.4, 0.5) is 5.69 Å². The van der Waals surface area contributed by atoms with E-state index in [1.165, 1.54) is 0 Å². The Morgan fingerprint density at radius 1 is 0.355 bits per heavy atom. The zero-order valence-corrected chi connectivity index (χ0v) is 33.2. The Labute approximate surface area is 355 Å². The molecule has 286 valence electrons. The number of fused-ring (bicyclic) bond motifs is 14. The first-order valence-corrected chi connectivity index (χ1v) is 20.7. The molecule has 0 fully saturated rings. The van der Waals surface area contributed by atoms with Gasteiger partial charge in [-0.2, -0.15) is 5.26 Å². The van der Waals surface area contributed by atoms with Gasteiger partial charge in [-0.15, -0.1) is 0 Å². The maximum absolute atomic E-state index is 11.3. The molecule has 0 saturated carbocycles. The normalized spacial score (nSPS) is 11.8. The van der Waals surface area contributed by atoms with Crippen LogP contribution in [0.2, 0.25) is 0 Å². The van der Waals surface area contributed by atoms with Crippen LogP contribution in [0.1, 0.15) is 5.56 Å². The third-order valence-electron chi connectivity index (χ3n) is 12.8. The number of hydrogen-bond acceptors (Lipinski definition) is 1. The molecule has 9 aromatic carbocycles. The van der Waals surface area contributed by atoms with Crippen LogP contribution in [0.5, 0.6) is 0 Å². The minimum absolute atomic E-state index is 0.447. The van der Waals surface area contributed by atoms with E-state index < -0.39 is 0 Å². The molecule has 0 aliphatic heterocycles. The summed E-state index contributed by atoms with van der Waals surface area (Å²) < 4.78 is 9.13. The Morgan fingerprint density at radius 3 is 1.08 bits per heavy atom. The fraction of sp³-hybridized carbons (Fsp3) is 0. The second-order valence-electron chi connectivity index (χ2n) is 15.9. The second kappa shape index (κ2) is 12.8. The van der Waals surface area contributed by atoms with Gasteiger partial charge < -0.3 is 18.3 Å². The van der Waals surface area contributed by atoms with Crippen molar-refractivity contribution in [1.29, 1.82) is 5.26 Å². The lowest BCUT2D eigenvalue weighted by Gasteiger charge is -2.17. The second-order valence-corrected chi connectivity index (χ2v) is 15.9. The van der Waals surface area contributed by atoms with Crippen molar-refractivity contribution in [1.82, 2.24) is 18.3 Å². The summed E-state index contributed by atoms with van der Waals surface area (Å²) in [6.07, 6.45) is 0. The standard InChI is InChI=1S/C56H32N6/c1-58-46-33-51(61-49-26-14-10-22-40(49)44-30-28-42-38-20-8-12-24-47(38)59(53(42)55(44)61)36-16-4-2-5-17-36)35(34-57)32-52(46)62-50-27-15-11-23-41(50)45-31-29-43-39-21-9-13-25-48(39)60(54(43)56(45)62)37-18-6-3-7-19-37/h2-33H. The van der Waals surface area contributed by atoms with E-state index in [2.05, 4.69) is 187 Å². The lowest BCUT2D eigenvalue weighted by molar-refractivity contribution is 1.12. The number of hydrogen-bond donors (Lipinski definition) is 0. The molecular weight excluding hydrogens is 757 g/mol. The summed E-state index contributed by atoms with van der Waals surface area (Å²) >= 11 is 0. The van der Waals surface area contributed by atoms with Gasteiger partial charge in [-0.25, -0.2) is 4.85 Å². The average molecular weight is 789 g/mol. The minimum atomic E-state index is 0.447. The van der Waals surface area contributed by atoms with Gasteiger partial charge in [0.2, 0.25) is 5.69 Å². The van der Waals surface area contributed by atoms with Gasteiger partial charge in [-0.3, -0.25) is 0 Å². The number of rotatable bonds is 4. The van der Waals surface area contributed by atoms with Crippen LogP contribution in [-0.4, -0.2) is 18.3 Å². The van der Waals surface area contributed by atoms with Crippen molar-refractivity contribution in [3.63, 3.8) is 0 Å². The summed E-state index contributed by atoms with van der Waals surface area (Å²) in [7, 11) is 0. The average Bonchev–Trinajstić information content (AvgIpc) is 4.07. The van der Waals surface area contributed by atoms with Gasteiger partial charge >= 0.3 is 0 Å². The first-order chi connectivity index (χ1) is 30.7. The number of nitrogens with zero attached hydrogens (tertiary/aromatic N) is 6. The fourth-order valence-electron chi connectivity index (χ4n) is 10.3. The quantitative estimate of drug-likeness (QED) is 0.164. The van der Waals surface area contributed by atoms with Crippen LogP contribution < -0.4 is 0 Å². The summed E-state index contributed by atoms with van der Waals surface area (Å²) in [4.78, 5) is 4.31. The predicted octanol–water partition coefficient (Wildman–Crippen LogP) is 14.5. The smallest absolute Gasteiger partial charge is 0.212 e. The first-order valence-electron chi connectivity index (χ1n) is 20.7. The van der Waals surface area contributed by atoms with E-state index >= 15 is 0 Å². The number of benzene rings is 9. The molecule has 0 radical (unpaired) electrons. The molecule has 0 bridgehead atoms. The van der Waals surface area contributed by atoms with E-state index in [0.29, 0.717) is 22.6 Å². The summed E-state index contributed by atoms with van der Waals surface area (Å²) in [6, 6.07) is 70.2. The SMILES string of the molecule is [C-]#[N+]c1cc(-n2c3ccccc3c3ccc4c5ccccc5n(-c5ccccc5)c4c32)c(C#N)cc1-n1c2ccccc2c2ccc3c4ccccc4n(-c4ccccc4)c3c21. The minimum Gasteiger partial charge on any atom is -0.317 e. The fourth-order valence-corrected chi connectivity index (χ4v) is 10.3. The summed E-state index contributed by atoms with van der Waals surface area (Å²) in [5.41, 5.74) is 12.5. The van der Waals surface area contributed by atoms with Crippen molar-refractivity contribution in [3.8, 4) is 28.8 Å². The highest BCUT2D eigenvalue weighted by atomic mass is 15.1. The number of para-hydroxylation sites is 6. The van der Waals surface area contributed by atoms with E-state index in [1.54, 1.807) is 0 Å². The van der Waals surface area contributed by atoms with Crippen molar-refractivity contribution in [2.75, 3.05) is 0 Å². The third kappa shape index (κ3) is 4.50. The molecule has 0 N–H and O–H groups in total. The zero-order chi connectivity index (χ0) is 41.1. The van der Waals surface area contributed by atoms with E-state index in [9.17, 15) is 5.26 Å². The Bertz CT molecular complexity index is 3840. The molecule has 0 unspecified atom stereocenters. The summed E-state index contributed by atoms with van der Waals surface area (Å²) in [5, 5.41) is 20.2. The molecule has 13 aromatic rings. The van der Waals surface area contributed by atoms with Gasteiger partial charge in [0.25, 0.3) is 0 Å². The van der Waals surface area contributed by atoms with Crippen molar-refractivity contribution in [2.24, 2.45) is 0 Å². The molecule has 4 heterocycles. The van der Waals surface area contributed by atoms with E-state index in [4.69, 9.17) is 6.57 Å². The van der Waals surface area contributed by atoms with Gasteiger partial charge in [-0.05, 0) is 60.7 Å². The largest absolute Gasteiger partial charge is 0.317 e.